The van der Waals surface area contributed by atoms with Gasteiger partial charge in [0.25, 0.3) is 5.91 Å². The van der Waals surface area contributed by atoms with Crippen LogP contribution in [0.4, 0.5) is 5.69 Å². The number of amides is 1. The Morgan fingerprint density at radius 3 is 2.52 bits per heavy atom. The third-order valence-electron chi connectivity index (χ3n) is 3.67. The maximum atomic E-state index is 12.4. The Bertz CT molecular complexity index is 779. The van der Waals surface area contributed by atoms with Crippen LogP contribution < -0.4 is 10.1 Å². The SMILES string of the molecule is CCN(/C=C(/C#N)C(=O)Nc1ccccc1OC)Cc1ccccc1. The molecule has 0 aliphatic rings. The average Bonchev–Trinajstić information content (AvgIpc) is 2.66. The Kier molecular flexibility index (Phi) is 6.61. The molecule has 25 heavy (non-hydrogen) atoms. The molecule has 1 amide bonds. The molecule has 0 bridgehead atoms. The van der Waals surface area contributed by atoms with Gasteiger partial charge in [0.05, 0.1) is 12.8 Å². The highest BCUT2D eigenvalue weighted by molar-refractivity contribution is 6.07. The zero-order chi connectivity index (χ0) is 18.1. The first-order valence-electron chi connectivity index (χ1n) is 8.02. The van der Waals surface area contributed by atoms with Gasteiger partial charge in [0.15, 0.2) is 0 Å². The molecule has 0 fully saturated rings. The highest BCUT2D eigenvalue weighted by Gasteiger charge is 2.13. The lowest BCUT2D eigenvalue weighted by molar-refractivity contribution is -0.112. The van der Waals surface area contributed by atoms with Crippen molar-refractivity contribution in [3.8, 4) is 11.8 Å². The van der Waals surface area contributed by atoms with Crippen LogP contribution in [-0.4, -0.2) is 24.5 Å². The first-order valence-corrected chi connectivity index (χ1v) is 8.02. The lowest BCUT2D eigenvalue weighted by Crippen LogP contribution is -2.21. The van der Waals surface area contributed by atoms with Crippen molar-refractivity contribution >= 4 is 11.6 Å². The second kappa shape index (κ2) is 9.14. The number of carbonyl (C=O) groups is 1. The molecule has 0 unspecified atom stereocenters. The molecule has 1 N–H and O–H groups in total. The van der Waals surface area contributed by atoms with Gasteiger partial charge in [0, 0.05) is 19.3 Å². The van der Waals surface area contributed by atoms with E-state index in [-0.39, 0.29) is 5.57 Å². The van der Waals surface area contributed by atoms with Crippen molar-refractivity contribution in [2.45, 2.75) is 13.5 Å². The number of carbonyl (C=O) groups excluding carboxylic acids is 1. The van der Waals surface area contributed by atoms with Crippen molar-refractivity contribution in [3.05, 3.63) is 71.9 Å². The fourth-order valence-electron chi connectivity index (χ4n) is 2.33. The molecular formula is C20H21N3O2. The Labute approximate surface area is 148 Å². The predicted molar refractivity (Wildman–Crippen MR) is 97.8 cm³/mol. The minimum Gasteiger partial charge on any atom is -0.495 e. The summed E-state index contributed by atoms with van der Waals surface area (Å²) in [5.74, 6) is 0.0864. The van der Waals surface area contributed by atoms with Gasteiger partial charge in [-0.05, 0) is 24.6 Å². The lowest BCUT2D eigenvalue weighted by atomic mass is 10.2. The fourth-order valence-corrected chi connectivity index (χ4v) is 2.33. The lowest BCUT2D eigenvalue weighted by Gasteiger charge is -2.19. The highest BCUT2D eigenvalue weighted by Crippen LogP contribution is 2.23. The molecule has 0 heterocycles. The first-order chi connectivity index (χ1) is 12.2. The van der Waals surface area contributed by atoms with E-state index in [0.29, 0.717) is 24.5 Å². The average molecular weight is 335 g/mol. The molecule has 0 saturated carbocycles. The number of hydrogen-bond donors (Lipinski definition) is 1. The zero-order valence-electron chi connectivity index (χ0n) is 14.4. The summed E-state index contributed by atoms with van der Waals surface area (Å²) < 4.78 is 5.21. The summed E-state index contributed by atoms with van der Waals surface area (Å²) in [6, 6.07) is 19.0. The van der Waals surface area contributed by atoms with E-state index in [2.05, 4.69) is 5.32 Å². The first kappa shape index (κ1) is 18.1. The number of nitriles is 1. The second-order valence-corrected chi connectivity index (χ2v) is 5.36. The highest BCUT2D eigenvalue weighted by atomic mass is 16.5. The quantitative estimate of drug-likeness (QED) is 0.620. The van der Waals surface area contributed by atoms with Gasteiger partial charge >= 0.3 is 0 Å². The number of benzene rings is 2. The van der Waals surface area contributed by atoms with Crippen LogP contribution in [0.1, 0.15) is 12.5 Å². The van der Waals surface area contributed by atoms with Crippen LogP contribution in [0.2, 0.25) is 0 Å². The van der Waals surface area contributed by atoms with E-state index in [9.17, 15) is 10.1 Å². The number of ether oxygens (including phenoxy) is 1. The van der Waals surface area contributed by atoms with Crippen LogP contribution in [0.5, 0.6) is 5.75 Å². The van der Waals surface area contributed by atoms with Gasteiger partial charge in [0.1, 0.15) is 17.4 Å². The Morgan fingerprint density at radius 2 is 1.88 bits per heavy atom. The van der Waals surface area contributed by atoms with E-state index < -0.39 is 5.91 Å². The molecule has 0 aliphatic carbocycles. The van der Waals surface area contributed by atoms with E-state index in [4.69, 9.17) is 4.74 Å². The Hall–Kier alpha value is -3.26. The van der Waals surface area contributed by atoms with Crippen LogP contribution in [-0.2, 0) is 11.3 Å². The molecule has 0 radical (unpaired) electrons. The molecule has 2 aromatic rings. The van der Waals surface area contributed by atoms with Gasteiger partial charge in [-0.1, -0.05) is 42.5 Å². The van der Waals surface area contributed by atoms with Gasteiger partial charge in [-0.3, -0.25) is 4.79 Å². The van der Waals surface area contributed by atoms with Crippen molar-refractivity contribution in [1.29, 1.82) is 5.26 Å². The summed E-state index contributed by atoms with van der Waals surface area (Å²) in [5.41, 5.74) is 1.69. The minimum absolute atomic E-state index is 0.0451. The third kappa shape index (κ3) is 5.11. The van der Waals surface area contributed by atoms with Crippen LogP contribution in [0.3, 0.4) is 0 Å². The molecule has 5 nitrogen and oxygen atoms in total. The topological polar surface area (TPSA) is 65.4 Å². The van der Waals surface area contributed by atoms with Gasteiger partial charge < -0.3 is 15.0 Å². The van der Waals surface area contributed by atoms with Crippen LogP contribution in [0.15, 0.2) is 66.4 Å². The summed E-state index contributed by atoms with van der Waals surface area (Å²) in [5, 5.41) is 12.1. The van der Waals surface area contributed by atoms with E-state index in [1.807, 2.05) is 54.3 Å². The molecule has 0 aliphatic heterocycles. The normalized spacial score (nSPS) is 10.7. The molecule has 5 heteroatoms. The maximum absolute atomic E-state index is 12.4. The number of anilines is 1. The smallest absolute Gasteiger partial charge is 0.267 e. The van der Waals surface area contributed by atoms with Gasteiger partial charge in [-0.25, -0.2) is 0 Å². The van der Waals surface area contributed by atoms with E-state index in [1.165, 1.54) is 7.11 Å². The molecule has 2 aromatic carbocycles. The van der Waals surface area contributed by atoms with Gasteiger partial charge in [0.2, 0.25) is 0 Å². The van der Waals surface area contributed by atoms with Crippen LogP contribution >= 0.6 is 0 Å². The number of methoxy groups -OCH3 is 1. The Morgan fingerprint density at radius 1 is 1.20 bits per heavy atom. The molecule has 0 atom stereocenters. The van der Waals surface area contributed by atoms with Crippen molar-refractivity contribution in [3.63, 3.8) is 0 Å². The van der Waals surface area contributed by atoms with Crippen molar-refractivity contribution in [2.24, 2.45) is 0 Å². The molecule has 0 aromatic heterocycles. The number of para-hydroxylation sites is 2. The number of rotatable bonds is 7. The number of nitrogens with zero attached hydrogens (tertiary/aromatic N) is 2. The summed E-state index contributed by atoms with van der Waals surface area (Å²) in [7, 11) is 1.53. The third-order valence-corrected chi connectivity index (χ3v) is 3.67. The molecule has 128 valence electrons. The fraction of sp³-hybridized carbons (Fsp3) is 0.200. The molecule has 2 rings (SSSR count). The summed E-state index contributed by atoms with van der Waals surface area (Å²) in [6.45, 7) is 3.29. The predicted octanol–water partition coefficient (Wildman–Crippen LogP) is 3.56. The van der Waals surface area contributed by atoms with Gasteiger partial charge in [-0.15, -0.1) is 0 Å². The van der Waals surface area contributed by atoms with Gasteiger partial charge in [-0.2, -0.15) is 5.26 Å². The largest absolute Gasteiger partial charge is 0.495 e. The summed E-state index contributed by atoms with van der Waals surface area (Å²) >= 11 is 0. The van der Waals surface area contributed by atoms with Crippen molar-refractivity contribution in [1.82, 2.24) is 4.90 Å². The molecule has 0 saturated heterocycles. The standard InChI is InChI=1S/C20H21N3O2/c1-3-23(14-16-9-5-4-6-10-16)15-17(13-21)20(24)22-18-11-7-8-12-19(18)25-2/h4-12,15H,3,14H2,1-2H3,(H,22,24)/b17-15-. The number of nitrogens with one attached hydrogen (secondary N) is 1. The molecule has 0 spiro atoms. The van der Waals surface area contributed by atoms with E-state index in [0.717, 1.165) is 5.56 Å². The monoisotopic (exact) mass is 335 g/mol. The zero-order valence-corrected chi connectivity index (χ0v) is 14.4. The Balaban J connectivity index is 2.14. The second-order valence-electron chi connectivity index (χ2n) is 5.36. The van der Waals surface area contributed by atoms with Crippen molar-refractivity contribution < 1.29 is 9.53 Å². The minimum atomic E-state index is -0.460. The number of hydrogen-bond acceptors (Lipinski definition) is 4. The van der Waals surface area contributed by atoms with E-state index >= 15 is 0 Å². The summed E-state index contributed by atoms with van der Waals surface area (Å²) in [6.07, 6.45) is 1.59. The van der Waals surface area contributed by atoms with Crippen LogP contribution in [0.25, 0.3) is 0 Å². The summed E-state index contributed by atoms with van der Waals surface area (Å²) in [4.78, 5) is 14.4. The van der Waals surface area contributed by atoms with Crippen LogP contribution in [0, 0.1) is 11.3 Å². The molecular weight excluding hydrogens is 314 g/mol. The maximum Gasteiger partial charge on any atom is 0.267 e. The van der Waals surface area contributed by atoms with Crippen molar-refractivity contribution in [2.75, 3.05) is 19.0 Å². The van der Waals surface area contributed by atoms with E-state index in [1.54, 1.807) is 24.4 Å².